The maximum atomic E-state index is 7.09. The van der Waals surface area contributed by atoms with Gasteiger partial charge in [-0.15, -0.1) is 0 Å². The number of aryl methyl sites for hydroxylation is 1. The van der Waals surface area contributed by atoms with E-state index < -0.39 is 8.32 Å². The molecule has 0 spiro atoms. The summed E-state index contributed by atoms with van der Waals surface area (Å²) in [4.78, 5) is 0. The van der Waals surface area contributed by atoms with Crippen LogP contribution in [-0.4, -0.2) is 8.32 Å². The molecule has 0 aliphatic heterocycles. The van der Waals surface area contributed by atoms with Gasteiger partial charge in [0, 0.05) is 4.47 Å². The van der Waals surface area contributed by atoms with Crippen LogP contribution in [0, 0.1) is 13.8 Å². The Labute approximate surface area is 179 Å². The van der Waals surface area contributed by atoms with Crippen LogP contribution >= 0.6 is 15.9 Å². The van der Waals surface area contributed by atoms with Crippen molar-refractivity contribution in [3.05, 3.63) is 94.0 Å². The second-order valence-electron chi connectivity index (χ2n) is 8.42. The van der Waals surface area contributed by atoms with Crippen molar-refractivity contribution in [1.29, 1.82) is 0 Å². The Morgan fingerprint density at radius 3 is 1.75 bits per heavy atom. The summed E-state index contributed by atoms with van der Waals surface area (Å²) in [5.74, 6) is 0. The highest BCUT2D eigenvalue weighted by molar-refractivity contribution is 9.10. The van der Waals surface area contributed by atoms with Crippen molar-refractivity contribution in [3.63, 3.8) is 0 Å². The fraction of sp³-hybridized carbons (Fsp3) is 0.280. The lowest BCUT2D eigenvalue weighted by atomic mass is 10.0. The average molecular weight is 453 g/mol. The van der Waals surface area contributed by atoms with E-state index in [0.29, 0.717) is 6.61 Å². The molecular formula is C25H29BrOSi. The minimum atomic E-state index is -2.51. The first kappa shape index (κ1) is 21.0. The van der Waals surface area contributed by atoms with E-state index in [0.717, 1.165) is 4.47 Å². The Balaban J connectivity index is 2.16. The van der Waals surface area contributed by atoms with Gasteiger partial charge in [0.2, 0.25) is 0 Å². The van der Waals surface area contributed by atoms with Gasteiger partial charge in [0.15, 0.2) is 0 Å². The molecule has 0 unspecified atom stereocenters. The molecule has 0 atom stereocenters. The lowest BCUT2D eigenvalue weighted by Crippen LogP contribution is -2.66. The molecule has 0 amide bonds. The van der Waals surface area contributed by atoms with Crippen LogP contribution in [0.15, 0.2) is 77.3 Å². The van der Waals surface area contributed by atoms with Gasteiger partial charge in [0.05, 0.1) is 6.61 Å². The van der Waals surface area contributed by atoms with Gasteiger partial charge in [-0.2, -0.15) is 0 Å². The SMILES string of the molecule is Cc1ccc(Br)c(C)c1CO[Si](c1ccccc1)(c1ccccc1)C(C)(C)C. The second kappa shape index (κ2) is 8.36. The molecule has 0 aromatic heterocycles. The second-order valence-corrected chi connectivity index (χ2v) is 13.6. The third kappa shape index (κ3) is 3.89. The van der Waals surface area contributed by atoms with Gasteiger partial charge in [-0.3, -0.25) is 0 Å². The van der Waals surface area contributed by atoms with E-state index in [1.165, 1.54) is 27.1 Å². The summed E-state index contributed by atoms with van der Waals surface area (Å²) in [6.45, 7) is 11.9. The van der Waals surface area contributed by atoms with Gasteiger partial charge in [-0.05, 0) is 52.0 Å². The van der Waals surface area contributed by atoms with E-state index in [-0.39, 0.29) is 5.04 Å². The van der Waals surface area contributed by atoms with Crippen molar-refractivity contribution in [2.75, 3.05) is 0 Å². The number of hydrogen-bond acceptors (Lipinski definition) is 1. The molecular weight excluding hydrogens is 424 g/mol. The highest BCUT2D eigenvalue weighted by Gasteiger charge is 2.50. The lowest BCUT2D eigenvalue weighted by molar-refractivity contribution is 0.284. The van der Waals surface area contributed by atoms with Gasteiger partial charge in [0.1, 0.15) is 0 Å². The Bertz CT molecular complexity index is 891. The van der Waals surface area contributed by atoms with E-state index >= 15 is 0 Å². The monoisotopic (exact) mass is 452 g/mol. The van der Waals surface area contributed by atoms with Gasteiger partial charge >= 0.3 is 0 Å². The van der Waals surface area contributed by atoms with Crippen LogP contribution in [0.3, 0.4) is 0 Å². The molecule has 0 bridgehead atoms. The summed E-state index contributed by atoms with van der Waals surface area (Å²) in [6.07, 6.45) is 0. The van der Waals surface area contributed by atoms with Crippen LogP contribution < -0.4 is 10.4 Å². The zero-order valence-electron chi connectivity index (χ0n) is 17.4. The van der Waals surface area contributed by atoms with E-state index in [1.807, 2.05) is 0 Å². The Morgan fingerprint density at radius 1 is 0.786 bits per heavy atom. The molecule has 3 aromatic rings. The van der Waals surface area contributed by atoms with Gasteiger partial charge < -0.3 is 4.43 Å². The molecule has 146 valence electrons. The minimum absolute atomic E-state index is 0.0104. The Hall–Kier alpha value is -1.68. The fourth-order valence-corrected chi connectivity index (χ4v) is 8.92. The molecule has 1 nitrogen and oxygen atoms in total. The molecule has 0 N–H and O–H groups in total. The quantitative estimate of drug-likeness (QED) is 0.422. The smallest absolute Gasteiger partial charge is 0.261 e. The summed E-state index contributed by atoms with van der Waals surface area (Å²) in [6, 6.07) is 25.9. The predicted octanol–water partition coefficient (Wildman–Crippen LogP) is 6.14. The van der Waals surface area contributed by atoms with E-state index in [1.54, 1.807) is 0 Å². The van der Waals surface area contributed by atoms with Crippen LogP contribution in [0.4, 0.5) is 0 Å². The van der Waals surface area contributed by atoms with Crippen LogP contribution in [0.25, 0.3) is 0 Å². The van der Waals surface area contributed by atoms with Crippen molar-refractivity contribution in [2.24, 2.45) is 0 Å². The first-order chi connectivity index (χ1) is 13.3. The molecule has 0 radical (unpaired) electrons. The Kier molecular flexibility index (Phi) is 6.28. The third-order valence-corrected chi connectivity index (χ3v) is 11.5. The van der Waals surface area contributed by atoms with Crippen LogP contribution in [0.5, 0.6) is 0 Å². The van der Waals surface area contributed by atoms with E-state index in [9.17, 15) is 0 Å². The third-order valence-electron chi connectivity index (χ3n) is 5.62. The minimum Gasteiger partial charge on any atom is -0.403 e. The number of halogens is 1. The topological polar surface area (TPSA) is 9.23 Å². The maximum Gasteiger partial charge on any atom is 0.261 e. The van der Waals surface area contributed by atoms with Crippen molar-refractivity contribution in [1.82, 2.24) is 0 Å². The molecule has 28 heavy (non-hydrogen) atoms. The first-order valence-electron chi connectivity index (χ1n) is 9.77. The van der Waals surface area contributed by atoms with Crippen molar-refractivity contribution in [2.45, 2.75) is 46.3 Å². The van der Waals surface area contributed by atoms with E-state index in [2.05, 4.69) is 123 Å². The molecule has 0 aliphatic rings. The highest BCUT2D eigenvalue weighted by atomic mass is 79.9. The standard InChI is InChI=1S/C25H29BrOSi/c1-19-16-17-24(26)20(2)23(19)18-27-28(25(3,4)5,21-12-8-6-9-13-21)22-14-10-7-11-15-22/h6-17H,18H2,1-5H3. The lowest BCUT2D eigenvalue weighted by Gasteiger charge is -2.43. The normalized spacial score (nSPS) is 12.2. The molecule has 0 saturated heterocycles. The van der Waals surface area contributed by atoms with Crippen LogP contribution in [0.2, 0.25) is 5.04 Å². The first-order valence-corrected chi connectivity index (χ1v) is 12.5. The molecule has 3 aromatic carbocycles. The van der Waals surface area contributed by atoms with Gasteiger partial charge in [-0.1, -0.05) is 103 Å². The number of hydrogen-bond donors (Lipinski definition) is 0. The molecule has 3 heteroatoms. The van der Waals surface area contributed by atoms with Gasteiger partial charge in [0.25, 0.3) is 8.32 Å². The highest BCUT2D eigenvalue weighted by Crippen LogP contribution is 2.38. The molecule has 3 rings (SSSR count). The van der Waals surface area contributed by atoms with Crippen molar-refractivity contribution < 1.29 is 4.43 Å². The number of rotatable bonds is 5. The Morgan fingerprint density at radius 2 is 1.29 bits per heavy atom. The summed E-state index contributed by atoms with van der Waals surface area (Å²) < 4.78 is 8.23. The van der Waals surface area contributed by atoms with Crippen LogP contribution in [0.1, 0.15) is 37.5 Å². The summed E-state index contributed by atoms with van der Waals surface area (Å²) >= 11 is 3.69. The average Bonchev–Trinajstić information content (AvgIpc) is 2.68. The summed E-state index contributed by atoms with van der Waals surface area (Å²) in [5, 5.41) is 2.63. The predicted molar refractivity (Wildman–Crippen MR) is 126 cm³/mol. The molecule has 0 aliphatic carbocycles. The molecule has 0 heterocycles. The molecule has 0 fully saturated rings. The largest absolute Gasteiger partial charge is 0.403 e. The van der Waals surface area contributed by atoms with Crippen LogP contribution in [-0.2, 0) is 11.0 Å². The summed E-state index contributed by atoms with van der Waals surface area (Å²) in [7, 11) is -2.51. The zero-order valence-corrected chi connectivity index (χ0v) is 20.0. The number of benzene rings is 3. The maximum absolute atomic E-state index is 7.09. The van der Waals surface area contributed by atoms with Crippen molar-refractivity contribution >= 4 is 34.6 Å². The van der Waals surface area contributed by atoms with Gasteiger partial charge in [-0.25, -0.2) is 0 Å². The summed E-state index contributed by atoms with van der Waals surface area (Å²) in [5.41, 5.74) is 3.82. The molecule has 0 saturated carbocycles. The van der Waals surface area contributed by atoms with E-state index in [4.69, 9.17) is 4.43 Å². The van der Waals surface area contributed by atoms with Crippen molar-refractivity contribution in [3.8, 4) is 0 Å². The fourth-order valence-electron chi connectivity index (χ4n) is 4.03. The zero-order chi connectivity index (χ0) is 20.4.